The molecule has 0 aliphatic carbocycles. The molecular formula is C24H27N5O4S. The maximum atomic E-state index is 12.8. The van der Waals surface area contributed by atoms with Gasteiger partial charge in [0.1, 0.15) is 13.2 Å². The van der Waals surface area contributed by atoms with Crippen LogP contribution in [0.1, 0.15) is 18.5 Å². The molecule has 1 atom stereocenters. The summed E-state index contributed by atoms with van der Waals surface area (Å²) in [6.07, 6.45) is 0. The van der Waals surface area contributed by atoms with Crippen LogP contribution in [0.15, 0.2) is 53.7 Å². The zero-order valence-electron chi connectivity index (χ0n) is 19.0. The predicted octanol–water partition coefficient (Wildman–Crippen LogP) is 2.84. The number of rotatable bonds is 7. The van der Waals surface area contributed by atoms with Crippen molar-refractivity contribution < 1.29 is 19.0 Å². The van der Waals surface area contributed by atoms with Crippen LogP contribution in [0.25, 0.3) is 5.69 Å². The lowest BCUT2D eigenvalue weighted by molar-refractivity contribution is -0.119. The summed E-state index contributed by atoms with van der Waals surface area (Å²) in [4.78, 5) is 14.9. The van der Waals surface area contributed by atoms with Crippen molar-refractivity contribution in [1.82, 2.24) is 20.1 Å². The molecule has 3 heterocycles. The highest BCUT2D eigenvalue weighted by molar-refractivity contribution is 7.99. The molecular weight excluding hydrogens is 454 g/mol. The minimum Gasteiger partial charge on any atom is -0.486 e. The van der Waals surface area contributed by atoms with E-state index in [1.54, 1.807) is 0 Å². The Morgan fingerprint density at radius 1 is 1.03 bits per heavy atom. The molecule has 178 valence electrons. The van der Waals surface area contributed by atoms with Crippen molar-refractivity contribution >= 4 is 23.6 Å². The number of morpholine rings is 1. The fourth-order valence-electron chi connectivity index (χ4n) is 3.95. The van der Waals surface area contributed by atoms with Crippen LogP contribution in [0, 0.1) is 0 Å². The summed E-state index contributed by atoms with van der Waals surface area (Å²) in [5.74, 6) is 2.36. The van der Waals surface area contributed by atoms with E-state index in [1.807, 2.05) is 60.0 Å². The molecule has 2 aliphatic heterocycles. The van der Waals surface area contributed by atoms with Crippen LogP contribution >= 0.6 is 11.8 Å². The molecule has 1 N–H and O–H groups in total. The fourth-order valence-corrected chi connectivity index (χ4v) is 4.71. The number of fused-ring (bicyclic) bond motifs is 1. The van der Waals surface area contributed by atoms with Crippen molar-refractivity contribution in [2.24, 2.45) is 0 Å². The molecule has 3 aromatic rings. The van der Waals surface area contributed by atoms with Crippen LogP contribution in [-0.4, -0.2) is 65.9 Å². The maximum absolute atomic E-state index is 12.8. The first-order chi connectivity index (χ1) is 16.7. The Bertz CT molecular complexity index is 1130. The van der Waals surface area contributed by atoms with Crippen LogP contribution in [0.2, 0.25) is 0 Å². The zero-order valence-corrected chi connectivity index (χ0v) is 19.8. The molecule has 2 aromatic carbocycles. The number of carbonyl (C=O) groups is 1. The average Bonchev–Trinajstić information content (AvgIpc) is 3.32. The zero-order chi connectivity index (χ0) is 23.3. The molecule has 2 aliphatic rings. The van der Waals surface area contributed by atoms with Crippen molar-refractivity contribution in [1.29, 1.82) is 0 Å². The Morgan fingerprint density at radius 3 is 2.59 bits per heavy atom. The van der Waals surface area contributed by atoms with Gasteiger partial charge in [0.15, 0.2) is 16.7 Å². The molecule has 1 fully saturated rings. The van der Waals surface area contributed by atoms with E-state index in [2.05, 4.69) is 20.4 Å². The highest BCUT2D eigenvalue weighted by Gasteiger charge is 2.23. The number of hydrogen-bond donors (Lipinski definition) is 1. The summed E-state index contributed by atoms with van der Waals surface area (Å²) >= 11 is 1.37. The molecule has 5 rings (SSSR count). The summed E-state index contributed by atoms with van der Waals surface area (Å²) in [7, 11) is 0. The van der Waals surface area contributed by atoms with E-state index in [-0.39, 0.29) is 17.7 Å². The van der Waals surface area contributed by atoms with Crippen LogP contribution in [0.3, 0.4) is 0 Å². The van der Waals surface area contributed by atoms with Crippen LogP contribution in [0.5, 0.6) is 11.5 Å². The molecule has 0 spiro atoms. The van der Waals surface area contributed by atoms with Gasteiger partial charge >= 0.3 is 0 Å². The van der Waals surface area contributed by atoms with Gasteiger partial charge in [0.2, 0.25) is 11.9 Å². The molecule has 0 saturated carbocycles. The number of nitrogens with one attached hydrogen (secondary N) is 1. The molecule has 1 unspecified atom stereocenters. The second-order valence-electron chi connectivity index (χ2n) is 8.03. The van der Waals surface area contributed by atoms with Gasteiger partial charge in [-0.05, 0) is 36.8 Å². The van der Waals surface area contributed by atoms with Gasteiger partial charge in [-0.3, -0.25) is 9.36 Å². The number of para-hydroxylation sites is 1. The molecule has 9 nitrogen and oxygen atoms in total. The van der Waals surface area contributed by atoms with Gasteiger partial charge in [-0.2, -0.15) is 0 Å². The van der Waals surface area contributed by atoms with Gasteiger partial charge in [-0.1, -0.05) is 36.0 Å². The largest absolute Gasteiger partial charge is 0.486 e. The molecule has 10 heteroatoms. The molecule has 1 amide bonds. The fraction of sp³-hybridized carbons (Fsp3) is 0.375. The predicted molar refractivity (Wildman–Crippen MR) is 129 cm³/mol. The Hall–Kier alpha value is -3.24. The first kappa shape index (κ1) is 22.5. The lowest BCUT2D eigenvalue weighted by Crippen LogP contribution is -2.37. The van der Waals surface area contributed by atoms with Gasteiger partial charge in [0.25, 0.3) is 0 Å². The smallest absolute Gasteiger partial charge is 0.232 e. The summed E-state index contributed by atoms with van der Waals surface area (Å²) in [6, 6.07) is 15.6. The molecule has 34 heavy (non-hydrogen) atoms. The minimum atomic E-state index is -0.167. The molecule has 1 saturated heterocycles. The van der Waals surface area contributed by atoms with Crippen LogP contribution < -0.4 is 19.7 Å². The third-order valence-electron chi connectivity index (χ3n) is 5.70. The summed E-state index contributed by atoms with van der Waals surface area (Å²) in [5, 5.41) is 12.6. The van der Waals surface area contributed by atoms with Crippen molar-refractivity contribution in [2.45, 2.75) is 18.1 Å². The van der Waals surface area contributed by atoms with Gasteiger partial charge in [-0.15, -0.1) is 10.2 Å². The second kappa shape index (κ2) is 10.4. The topological polar surface area (TPSA) is 90.7 Å². The van der Waals surface area contributed by atoms with Crippen molar-refractivity contribution in [3.63, 3.8) is 0 Å². The normalized spacial score (nSPS) is 16.2. The Morgan fingerprint density at radius 2 is 1.79 bits per heavy atom. The standard InChI is InChI=1S/C24H27N5O4S/c1-17(18-7-8-20-21(15-18)33-14-13-32-20)25-22(30)16-34-24-27-26-23(28-9-11-31-12-10-28)29(24)19-5-3-2-4-6-19/h2-8,15,17H,9-14,16H2,1H3,(H,25,30). The van der Waals surface area contributed by atoms with Crippen LogP contribution in [-0.2, 0) is 9.53 Å². The number of hydrogen-bond acceptors (Lipinski definition) is 8. The Kier molecular flexibility index (Phi) is 6.87. The molecule has 0 bridgehead atoms. The summed E-state index contributed by atoms with van der Waals surface area (Å²) in [5.41, 5.74) is 1.92. The second-order valence-corrected chi connectivity index (χ2v) is 8.98. The third-order valence-corrected chi connectivity index (χ3v) is 6.63. The highest BCUT2D eigenvalue weighted by Crippen LogP contribution is 2.33. The van der Waals surface area contributed by atoms with E-state index in [4.69, 9.17) is 14.2 Å². The summed E-state index contributed by atoms with van der Waals surface area (Å²) < 4.78 is 18.7. The third kappa shape index (κ3) is 4.97. The number of amides is 1. The van der Waals surface area contributed by atoms with Crippen molar-refractivity contribution in [2.75, 3.05) is 50.2 Å². The van der Waals surface area contributed by atoms with E-state index in [9.17, 15) is 4.79 Å². The number of carbonyl (C=O) groups excluding carboxylic acids is 1. The summed E-state index contributed by atoms with van der Waals surface area (Å²) in [6.45, 7) is 5.86. The first-order valence-electron chi connectivity index (χ1n) is 11.3. The lowest BCUT2D eigenvalue weighted by atomic mass is 10.1. The van der Waals surface area contributed by atoms with Gasteiger partial charge in [0.05, 0.1) is 30.7 Å². The van der Waals surface area contributed by atoms with E-state index in [1.165, 1.54) is 11.8 Å². The van der Waals surface area contributed by atoms with Gasteiger partial charge in [-0.25, -0.2) is 0 Å². The number of anilines is 1. The van der Waals surface area contributed by atoms with Gasteiger partial charge < -0.3 is 24.4 Å². The van der Waals surface area contributed by atoms with Crippen molar-refractivity contribution in [3.8, 4) is 17.2 Å². The lowest BCUT2D eigenvalue weighted by Gasteiger charge is -2.27. The van der Waals surface area contributed by atoms with E-state index in [0.29, 0.717) is 37.3 Å². The number of ether oxygens (including phenoxy) is 3. The average molecular weight is 482 g/mol. The SMILES string of the molecule is CC(NC(=O)CSc1nnc(N2CCOCC2)n1-c1ccccc1)c1ccc2c(c1)OCCO2. The van der Waals surface area contributed by atoms with Crippen molar-refractivity contribution in [3.05, 3.63) is 54.1 Å². The number of aromatic nitrogens is 3. The van der Waals surface area contributed by atoms with Crippen LogP contribution in [0.4, 0.5) is 5.95 Å². The quantitative estimate of drug-likeness (QED) is 0.515. The maximum Gasteiger partial charge on any atom is 0.232 e. The first-order valence-corrected chi connectivity index (χ1v) is 12.3. The number of nitrogens with zero attached hydrogens (tertiary/aromatic N) is 4. The molecule has 0 radical (unpaired) electrons. The van der Waals surface area contributed by atoms with E-state index < -0.39 is 0 Å². The number of thioether (sulfide) groups is 1. The Balaban J connectivity index is 1.27. The number of benzene rings is 2. The minimum absolute atomic E-state index is 0.0806. The van der Waals surface area contributed by atoms with Gasteiger partial charge in [0, 0.05) is 13.1 Å². The van der Waals surface area contributed by atoms with E-state index in [0.717, 1.165) is 36.0 Å². The highest BCUT2D eigenvalue weighted by atomic mass is 32.2. The molecule has 1 aromatic heterocycles. The monoisotopic (exact) mass is 481 g/mol. The van der Waals surface area contributed by atoms with E-state index >= 15 is 0 Å². The Labute approximate surface area is 202 Å².